The van der Waals surface area contributed by atoms with E-state index in [1.165, 1.54) is 23.5 Å². The Bertz CT molecular complexity index is 1210. The van der Waals surface area contributed by atoms with Gasteiger partial charge in [0, 0.05) is 29.8 Å². The Kier molecular flexibility index (Phi) is 5.62. The molecule has 0 unspecified atom stereocenters. The van der Waals surface area contributed by atoms with Crippen molar-refractivity contribution in [2.75, 3.05) is 20.7 Å². The first-order chi connectivity index (χ1) is 16.1. The predicted molar refractivity (Wildman–Crippen MR) is 128 cm³/mol. The van der Waals surface area contributed by atoms with Crippen LogP contribution in [0.1, 0.15) is 53.8 Å². The van der Waals surface area contributed by atoms with Crippen LogP contribution in [0, 0.1) is 0 Å². The topological polar surface area (TPSA) is 71.8 Å². The van der Waals surface area contributed by atoms with Gasteiger partial charge in [0.05, 0.1) is 30.7 Å². The van der Waals surface area contributed by atoms with Gasteiger partial charge >= 0.3 is 6.03 Å². The van der Waals surface area contributed by atoms with Gasteiger partial charge in [-0.3, -0.25) is 0 Å². The van der Waals surface area contributed by atoms with Crippen LogP contribution in [0.3, 0.4) is 0 Å². The van der Waals surface area contributed by atoms with Crippen molar-refractivity contribution in [2.24, 2.45) is 5.10 Å². The van der Waals surface area contributed by atoms with Gasteiger partial charge in [-0.25, -0.2) is 14.5 Å². The molecule has 0 atom stereocenters. The van der Waals surface area contributed by atoms with E-state index in [4.69, 9.17) is 14.9 Å². The SMILES string of the molecule is CCc1cc(C2CC2)n(-c2ccc(C3=NN(C(=O)NC)CCc4ccc(OC)cc43)cc2)n1. The van der Waals surface area contributed by atoms with Crippen molar-refractivity contribution in [3.05, 3.63) is 76.6 Å². The van der Waals surface area contributed by atoms with Crippen molar-refractivity contribution >= 4 is 11.7 Å². The number of carbonyl (C=O) groups excluding carboxylic acids is 1. The van der Waals surface area contributed by atoms with Gasteiger partial charge in [-0.2, -0.15) is 10.2 Å². The molecule has 1 saturated carbocycles. The number of ether oxygens (including phenoxy) is 1. The minimum absolute atomic E-state index is 0.221. The van der Waals surface area contributed by atoms with Crippen molar-refractivity contribution in [2.45, 2.75) is 38.5 Å². The number of hydrogen-bond donors (Lipinski definition) is 1. The zero-order chi connectivity index (χ0) is 22.9. The minimum Gasteiger partial charge on any atom is -0.497 e. The predicted octanol–water partition coefficient (Wildman–Crippen LogP) is 4.27. The summed E-state index contributed by atoms with van der Waals surface area (Å²) in [4.78, 5) is 12.4. The second kappa shape index (κ2) is 8.73. The van der Waals surface area contributed by atoms with Gasteiger partial charge < -0.3 is 10.1 Å². The first kappa shape index (κ1) is 21.2. The fraction of sp³-hybridized carbons (Fsp3) is 0.346. The summed E-state index contributed by atoms with van der Waals surface area (Å²) >= 11 is 0. The summed E-state index contributed by atoms with van der Waals surface area (Å²) in [5.41, 5.74) is 7.29. The van der Waals surface area contributed by atoms with Crippen LogP contribution >= 0.6 is 0 Å². The molecule has 3 aromatic rings. The molecule has 1 N–H and O–H groups in total. The summed E-state index contributed by atoms with van der Waals surface area (Å²) < 4.78 is 7.56. The normalized spacial score (nSPS) is 15.5. The molecular weight excluding hydrogens is 414 g/mol. The Morgan fingerprint density at radius 1 is 1.15 bits per heavy atom. The first-order valence-electron chi connectivity index (χ1n) is 11.6. The van der Waals surface area contributed by atoms with Crippen LogP contribution in [-0.2, 0) is 12.8 Å². The highest BCUT2D eigenvalue weighted by Gasteiger charge is 2.28. The number of aryl methyl sites for hydroxylation is 1. The highest BCUT2D eigenvalue weighted by Crippen LogP contribution is 2.41. The number of urea groups is 1. The number of nitrogens with one attached hydrogen (secondary N) is 1. The van der Waals surface area contributed by atoms with E-state index in [0.717, 1.165) is 52.4 Å². The number of nitrogens with zero attached hydrogens (tertiary/aromatic N) is 4. The highest BCUT2D eigenvalue weighted by atomic mass is 16.5. The Labute approximate surface area is 194 Å². The number of fused-ring (bicyclic) bond motifs is 1. The second-order valence-electron chi connectivity index (χ2n) is 8.55. The number of rotatable bonds is 5. The largest absolute Gasteiger partial charge is 0.497 e. The van der Waals surface area contributed by atoms with Crippen LogP contribution in [-0.4, -0.2) is 47.2 Å². The number of carbonyl (C=O) groups is 1. The molecule has 5 rings (SSSR count). The number of amides is 2. The number of hydrazone groups is 1. The first-order valence-corrected chi connectivity index (χ1v) is 11.6. The summed E-state index contributed by atoms with van der Waals surface area (Å²) in [5, 5.41) is 13.8. The maximum atomic E-state index is 12.4. The zero-order valence-electron chi connectivity index (χ0n) is 19.3. The summed E-state index contributed by atoms with van der Waals surface area (Å²) in [7, 11) is 3.28. The smallest absolute Gasteiger partial charge is 0.337 e. The highest BCUT2D eigenvalue weighted by molar-refractivity contribution is 6.14. The van der Waals surface area contributed by atoms with Crippen molar-refractivity contribution in [1.82, 2.24) is 20.1 Å². The van der Waals surface area contributed by atoms with Crippen LogP contribution in [0.4, 0.5) is 4.79 Å². The van der Waals surface area contributed by atoms with Crippen LogP contribution in [0.5, 0.6) is 5.75 Å². The molecule has 7 heteroatoms. The molecule has 2 heterocycles. The average molecular weight is 444 g/mol. The molecule has 1 fully saturated rings. The van der Waals surface area contributed by atoms with Gasteiger partial charge in [0.25, 0.3) is 0 Å². The lowest BCUT2D eigenvalue weighted by Crippen LogP contribution is -2.35. The van der Waals surface area contributed by atoms with E-state index in [0.29, 0.717) is 12.5 Å². The molecule has 33 heavy (non-hydrogen) atoms. The molecule has 2 aromatic carbocycles. The Morgan fingerprint density at radius 2 is 1.94 bits per heavy atom. The van der Waals surface area contributed by atoms with Gasteiger partial charge in [0.15, 0.2) is 0 Å². The van der Waals surface area contributed by atoms with Crippen molar-refractivity contribution in [3.8, 4) is 11.4 Å². The van der Waals surface area contributed by atoms with Gasteiger partial charge in [0.2, 0.25) is 0 Å². The maximum absolute atomic E-state index is 12.4. The lowest BCUT2D eigenvalue weighted by atomic mass is 9.96. The number of methoxy groups -OCH3 is 1. The molecule has 7 nitrogen and oxygen atoms in total. The molecule has 0 bridgehead atoms. The van der Waals surface area contributed by atoms with E-state index >= 15 is 0 Å². The third kappa shape index (κ3) is 4.11. The van der Waals surface area contributed by atoms with Gasteiger partial charge in [-0.05, 0) is 61.6 Å². The van der Waals surface area contributed by atoms with Crippen LogP contribution < -0.4 is 10.1 Å². The lowest BCUT2D eigenvalue weighted by molar-refractivity contribution is 0.203. The van der Waals surface area contributed by atoms with Crippen molar-refractivity contribution in [1.29, 1.82) is 0 Å². The molecule has 170 valence electrons. The zero-order valence-corrected chi connectivity index (χ0v) is 19.3. The van der Waals surface area contributed by atoms with E-state index in [1.807, 2.05) is 12.1 Å². The van der Waals surface area contributed by atoms with Crippen molar-refractivity contribution < 1.29 is 9.53 Å². The summed E-state index contributed by atoms with van der Waals surface area (Å²) in [5.74, 6) is 1.38. The standard InChI is InChI=1S/C26H29N5O2/c1-4-20-15-24(18-5-6-18)31(28-20)21-10-7-19(8-11-21)25-23-16-22(33-3)12-9-17(23)13-14-30(29-25)26(32)27-2/h7-12,15-16,18H,4-6,13-14H2,1-3H3,(H,27,32). The van der Waals surface area contributed by atoms with Crippen molar-refractivity contribution in [3.63, 3.8) is 0 Å². The molecule has 1 aromatic heterocycles. The third-order valence-electron chi connectivity index (χ3n) is 6.36. The van der Waals surface area contributed by atoms with E-state index < -0.39 is 0 Å². The number of aromatic nitrogens is 2. The number of hydrogen-bond acceptors (Lipinski definition) is 4. The Hall–Kier alpha value is -3.61. The summed E-state index contributed by atoms with van der Waals surface area (Å²) in [6.45, 7) is 2.65. The molecular formula is C26H29N5O2. The van der Waals surface area contributed by atoms with E-state index in [2.05, 4.69) is 53.3 Å². The van der Waals surface area contributed by atoms with Gasteiger partial charge in [-0.1, -0.05) is 25.1 Å². The molecule has 2 aliphatic rings. The van der Waals surface area contributed by atoms with E-state index in [9.17, 15) is 4.79 Å². The third-order valence-corrected chi connectivity index (χ3v) is 6.36. The molecule has 0 spiro atoms. The maximum Gasteiger partial charge on any atom is 0.337 e. The lowest BCUT2D eigenvalue weighted by Gasteiger charge is -2.16. The van der Waals surface area contributed by atoms with Crippen LogP contribution in [0.15, 0.2) is 53.6 Å². The molecule has 1 aliphatic heterocycles. The van der Waals surface area contributed by atoms with Crippen LogP contribution in [0.2, 0.25) is 0 Å². The summed E-state index contributed by atoms with van der Waals surface area (Å²) in [6.07, 6.45) is 4.11. The Balaban J connectivity index is 1.56. The summed E-state index contributed by atoms with van der Waals surface area (Å²) in [6, 6.07) is 16.3. The van der Waals surface area contributed by atoms with Crippen LogP contribution in [0.25, 0.3) is 5.69 Å². The number of benzene rings is 2. The van der Waals surface area contributed by atoms with Gasteiger partial charge in [-0.15, -0.1) is 0 Å². The monoisotopic (exact) mass is 443 g/mol. The molecule has 1 aliphatic carbocycles. The quantitative estimate of drug-likeness (QED) is 0.640. The fourth-order valence-electron chi connectivity index (χ4n) is 4.32. The molecule has 0 radical (unpaired) electrons. The fourth-order valence-corrected chi connectivity index (χ4v) is 4.32. The van der Waals surface area contributed by atoms with E-state index in [1.54, 1.807) is 14.2 Å². The molecule has 2 amide bonds. The van der Waals surface area contributed by atoms with E-state index in [-0.39, 0.29) is 6.03 Å². The average Bonchev–Trinajstić information content (AvgIpc) is 3.65. The molecule has 0 saturated heterocycles. The minimum atomic E-state index is -0.221. The Morgan fingerprint density at radius 3 is 2.61 bits per heavy atom. The second-order valence-corrected chi connectivity index (χ2v) is 8.55. The van der Waals surface area contributed by atoms with Gasteiger partial charge in [0.1, 0.15) is 5.75 Å².